The van der Waals surface area contributed by atoms with E-state index in [9.17, 15) is 9.59 Å². The van der Waals surface area contributed by atoms with E-state index in [1.165, 1.54) is 0 Å². The molecule has 1 aliphatic rings. The second-order valence-corrected chi connectivity index (χ2v) is 7.81. The molecule has 148 valence electrons. The van der Waals surface area contributed by atoms with Gasteiger partial charge in [0.15, 0.2) is 0 Å². The first-order chi connectivity index (χ1) is 13.4. The van der Waals surface area contributed by atoms with Crippen molar-refractivity contribution in [1.82, 2.24) is 10.2 Å². The Morgan fingerprint density at radius 2 is 2.00 bits per heavy atom. The molecule has 1 heterocycles. The fourth-order valence-electron chi connectivity index (χ4n) is 3.58. The average molecular weight is 401 g/mol. The quantitative estimate of drug-likeness (QED) is 0.827. The summed E-state index contributed by atoms with van der Waals surface area (Å²) in [6, 6.07) is 14.6. The van der Waals surface area contributed by atoms with Gasteiger partial charge in [-0.25, -0.2) is 0 Å². The zero-order valence-electron chi connectivity index (χ0n) is 16.2. The van der Waals surface area contributed by atoms with Crippen molar-refractivity contribution in [2.24, 2.45) is 5.41 Å². The molecule has 0 radical (unpaired) electrons. The van der Waals surface area contributed by atoms with Crippen LogP contribution in [0.5, 0.6) is 5.75 Å². The summed E-state index contributed by atoms with van der Waals surface area (Å²) in [4.78, 5) is 27.5. The van der Waals surface area contributed by atoms with Crippen molar-refractivity contribution >= 4 is 23.4 Å². The van der Waals surface area contributed by atoms with E-state index in [1.807, 2.05) is 31.2 Å². The summed E-state index contributed by atoms with van der Waals surface area (Å²) < 4.78 is 5.22. The Hall–Kier alpha value is -2.53. The lowest BCUT2D eigenvalue weighted by Crippen LogP contribution is -2.51. The summed E-state index contributed by atoms with van der Waals surface area (Å²) in [5, 5.41) is 3.45. The molecule has 1 aliphatic heterocycles. The highest BCUT2D eigenvalue weighted by Crippen LogP contribution is 2.31. The maximum atomic E-state index is 12.9. The number of hydrogen-bond acceptors (Lipinski definition) is 3. The first-order valence-corrected chi connectivity index (χ1v) is 9.76. The number of nitrogens with zero attached hydrogens (tertiary/aromatic N) is 1. The summed E-state index contributed by atoms with van der Waals surface area (Å²) in [6.07, 6.45) is 1.52. The molecular weight excluding hydrogens is 376 g/mol. The molecule has 2 amide bonds. The van der Waals surface area contributed by atoms with Crippen molar-refractivity contribution in [3.8, 4) is 5.75 Å². The highest BCUT2D eigenvalue weighted by Gasteiger charge is 2.39. The van der Waals surface area contributed by atoms with Crippen LogP contribution in [0, 0.1) is 5.41 Å². The van der Waals surface area contributed by atoms with Crippen LogP contribution in [0.25, 0.3) is 0 Å². The highest BCUT2D eigenvalue weighted by atomic mass is 35.5. The Morgan fingerprint density at radius 3 is 2.75 bits per heavy atom. The number of likely N-dealkylation sites (tertiary alicyclic amines) is 1. The molecular formula is C22H25ClN2O3. The lowest BCUT2D eigenvalue weighted by molar-refractivity contribution is -0.132. The van der Waals surface area contributed by atoms with Gasteiger partial charge in [0, 0.05) is 19.6 Å². The standard InChI is InChI=1S/C22H25ClN2O3/c1-22(21(27)24-14-16-7-5-8-17(13-16)28-2)11-6-12-25(15-22)20(26)18-9-3-4-10-19(18)23/h3-5,7-10,13H,6,11-12,14-15H2,1-2H3,(H,24,27)/t22-/m0/s1. The molecule has 0 bridgehead atoms. The molecule has 5 nitrogen and oxygen atoms in total. The van der Waals surface area contributed by atoms with Gasteiger partial charge in [0.1, 0.15) is 5.75 Å². The molecule has 2 aromatic carbocycles. The molecule has 6 heteroatoms. The van der Waals surface area contributed by atoms with Gasteiger partial charge in [-0.2, -0.15) is 0 Å². The molecule has 0 aliphatic carbocycles. The van der Waals surface area contributed by atoms with E-state index < -0.39 is 5.41 Å². The Balaban J connectivity index is 1.66. The maximum absolute atomic E-state index is 12.9. The Kier molecular flexibility index (Phi) is 6.25. The maximum Gasteiger partial charge on any atom is 0.255 e. The number of halogens is 1. The first kappa shape index (κ1) is 20.2. The van der Waals surface area contributed by atoms with Gasteiger partial charge >= 0.3 is 0 Å². The SMILES string of the molecule is COc1cccc(CNC(=O)[C@@]2(C)CCCN(C(=O)c3ccccc3Cl)C2)c1. The molecule has 28 heavy (non-hydrogen) atoms. The van der Waals surface area contributed by atoms with Crippen LogP contribution >= 0.6 is 11.6 Å². The van der Waals surface area contributed by atoms with E-state index in [4.69, 9.17) is 16.3 Å². The number of carbonyl (C=O) groups excluding carboxylic acids is 2. The van der Waals surface area contributed by atoms with Crippen LogP contribution in [-0.4, -0.2) is 36.9 Å². The lowest BCUT2D eigenvalue weighted by Gasteiger charge is -2.39. The predicted octanol–water partition coefficient (Wildman–Crippen LogP) is 3.91. The van der Waals surface area contributed by atoms with E-state index in [2.05, 4.69) is 5.32 Å². The minimum absolute atomic E-state index is 0.0491. The molecule has 0 unspecified atom stereocenters. The molecule has 0 aromatic heterocycles. The van der Waals surface area contributed by atoms with Gasteiger partial charge in [0.25, 0.3) is 5.91 Å². The average Bonchev–Trinajstić information content (AvgIpc) is 2.72. The Bertz CT molecular complexity index is 870. The number of carbonyl (C=O) groups is 2. The summed E-state index contributed by atoms with van der Waals surface area (Å²) >= 11 is 6.18. The van der Waals surface area contributed by atoms with Crippen LogP contribution in [-0.2, 0) is 11.3 Å². The van der Waals surface area contributed by atoms with Crippen molar-refractivity contribution in [3.63, 3.8) is 0 Å². The minimum atomic E-state index is -0.631. The minimum Gasteiger partial charge on any atom is -0.497 e. The van der Waals surface area contributed by atoms with Gasteiger partial charge in [-0.05, 0) is 49.6 Å². The lowest BCUT2D eigenvalue weighted by atomic mass is 9.80. The Morgan fingerprint density at radius 1 is 1.21 bits per heavy atom. The van der Waals surface area contributed by atoms with E-state index >= 15 is 0 Å². The van der Waals surface area contributed by atoms with E-state index in [0.717, 1.165) is 24.2 Å². The largest absolute Gasteiger partial charge is 0.497 e. The van der Waals surface area contributed by atoms with Crippen molar-refractivity contribution in [1.29, 1.82) is 0 Å². The summed E-state index contributed by atoms with van der Waals surface area (Å²) in [7, 11) is 1.62. The van der Waals surface area contributed by atoms with Crippen molar-refractivity contribution in [2.75, 3.05) is 20.2 Å². The molecule has 1 atom stereocenters. The molecule has 3 rings (SSSR count). The molecule has 1 N–H and O–H groups in total. The molecule has 1 saturated heterocycles. The third-order valence-electron chi connectivity index (χ3n) is 5.22. The van der Waals surface area contributed by atoms with E-state index in [-0.39, 0.29) is 11.8 Å². The fraction of sp³-hybridized carbons (Fsp3) is 0.364. The number of methoxy groups -OCH3 is 1. The van der Waals surface area contributed by atoms with Crippen LogP contribution in [0.4, 0.5) is 0 Å². The highest BCUT2D eigenvalue weighted by molar-refractivity contribution is 6.33. The topological polar surface area (TPSA) is 58.6 Å². The molecule has 1 fully saturated rings. The number of nitrogens with one attached hydrogen (secondary N) is 1. The van der Waals surface area contributed by atoms with Crippen LogP contribution in [0.15, 0.2) is 48.5 Å². The van der Waals surface area contributed by atoms with Gasteiger partial charge in [0.2, 0.25) is 5.91 Å². The predicted molar refractivity (Wildman–Crippen MR) is 110 cm³/mol. The molecule has 0 spiro atoms. The van der Waals surface area contributed by atoms with Gasteiger partial charge in [-0.15, -0.1) is 0 Å². The zero-order chi connectivity index (χ0) is 20.1. The van der Waals surface area contributed by atoms with Gasteiger partial charge in [-0.1, -0.05) is 35.9 Å². The fourth-order valence-corrected chi connectivity index (χ4v) is 3.80. The van der Waals surface area contributed by atoms with Crippen molar-refractivity contribution < 1.29 is 14.3 Å². The van der Waals surface area contributed by atoms with E-state index in [1.54, 1.807) is 36.3 Å². The van der Waals surface area contributed by atoms with Crippen LogP contribution in [0.1, 0.15) is 35.7 Å². The second kappa shape index (κ2) is 8.65. The number of hydrogen-bond donors (Lipinski definition) is 1. The van der Waals surface area contributed by atoms with E-state index in [0.29, 0.717) is 30.2 Å². The van der Waals surface area contributed by atoms with Crippen molar-refractivity contribution in [3.05, 3.63) is 64.7 Å². The third kappa shape index (κ3) is 4.47. The third-order valence-corrected chi connectivity index (χ3v) is 5.55. The normalized spacial score (nSPS) is 19.2. The van der Waals surface area contributed by atoms with Gasteiger partial charge in [-0.3, -0.25) is 9.59 Å². The number of benzene rings is 2. The second-order valence-electron chi connectivity index (χ2n) is 7.40. The Labute approximate surface area is 170 Å². The summed E-state index contributed by atoms with van der Waals surface area (Å²) in [5.74, 6) is 0.580. The monoisotopic (exact) mass is 400 g/mol. The van der Waals surface area contributed by atoms with Crippen LogP contribution in [0.3, 0.4) is 0 Å². The van der Waals surface area contributed by atoms with Crippen LogP contribution in [0.2, 0.25) is 5.02 Å². The number of rotatable bonds is 5. The number of piperidine rings is 1. The van der Waals surface area contributed by atoms with Gasteiger partial charge in [0.05, 0.1) is 23.1 Å². The zero-order valence-corrected chi connectivity index (χ0v) is 17.0. The van der Waals surface area contributed by atoms with Crippen molar-refractivity contribution in [2.45, 2.75) is 26.3 Å². The van der Waals surface area contributed by atoms with Gasteiger partial charge < -0.3 is 15.0 Å². The first-order valence-electron chi connectivity index (χ1n) is 9.38. The molecule has 0 saturated carbocycles. The van der Waals surface area contributed by atoms with Crippen LogP contribution < -0.4 is 10.1 Å². The summed E-state index contributed by atoms with van der Waals surface area (Å²) in [5.41, 5.74) is 0.815. The molecule has 2 aromatic rings. The summed E-state index contributed by atoms with van der Waals surface area (Å²) in [6.45, 7) is 3.34. The number of amides is 2. The number of ether oxygens (including phenoxy) is 1. The smallest absolute Gasteiger partial charge is 0.255 e.